The van der Waals surface area contributed by atoms with Gasteiger partial charge in [-0.05, 0) is 33.9 Å². The van der Waals surface area contributed by atoms with Gasteiger partial charge < -0.3 is 14.8 Å². The molecule has 0 fully saturated rings. The van der Waals surface area contributed by atoms with Crippen LogP contribution in [0.1, 0.15) is 32.4 Å². The summed E-state index contributed by atoms with van der Waals surface area (Å²) in [6.45, 7) is 6.47. The number of nitrogens with zero attached hydrogens (tertiary/aromatic N) is 3. The SMILES string of the molecule is COc1cccc(CN(C)C(C)C(=O)Nc2ccnn2C(C)C)c1OC. The summed E-state index contributed by atoms with van der Waals surface area (Å²) in [6, 6.07) is 7.38. The quantitative estimate of drug-likeness (QED) is 0.784. The second-order valence-corrected chi connectivity index (χ2v) is 6.49. The van der Waals surface area contributed by atoms with E-state index in [-0.39, 0.29) is 18.0 Å². The van der Waals surface area contributed by atoms with Gasteiger partial charge in [0.2, 0.25) is 5.91 Å². The molecule has 2 aromatic rings. The standard InChI is InChI=1S/C19H28N4O3/c1-13(2)23-17(10-11-20-23)21-19(24)14(3)22(4)12-15-8-7-9-16(25-5)18(15)26-6/h7-11,13-14H,12H2,1-6H3,(H,21,24). The minimum atomic E-state index is -0.332. The van der Waals surface area contributed by atoms with Crippen molar-refractivity contribution in [2.24, 2.45) is 0 Å². The highest BCUT2D eigenvalue weighted by molar-refractivity contribution is 5.93. The van der Waals surface area contributed by atoms with Gasteiger partial charge >= 0.3 is 0 Å². The second kappa shape index (κ2) is 8.71. The maximum Gasteiger partial charge on any atom is 0.242 e. The van der Waals surface area contributed by atoms with E-state index in [2.05, 4.69) is 10.4 Å². The van der Waals surface area contributed by atoms with Crippen molar-refractivity contribution in [1.29, 1.82) is 0 Å². The van der Waals surface area contributed by atoms with Crippen LogP contribution in [0.3, 0.4) is 0 Å². The van der Waals surface area contributed by atoms with E-state index in [0.717, 1.165) is 5.56 Å². The largest absolute Gasteiger partial charge is 0.493 e. The fourth-order valence-electron chi connectivity index (χ4n) is 2.74. The molecule has 0 saturated carbocycles. The van der Waals surface area contributed by atoms with Crippen molar-refractivity contribution in [3.05, 3.63) is 36.0 Å². The molecular formula is C19H28N4O3. The minimum absolute atomic E-state index is 0.0863. The molecule has 0 saturated heterocycles. The van der Waals surface area contributed by atoms with Crippen molar-refractivity contribution < 1.29 is 14.3 Å². The van der Waals surface area contributed by atoms with Crippen LogP contribution in [-0.4, -0.2) is 47.9 Å². The van der Waals surface area contributed by atoms with Gasteiger partial charge in [0.15, 0.2) is 11.5 Å². The molecule has 0 bridgehead atoms. The number of rotatable bonds is 8. The lowest BCUT2D eigenvalue weighted by molar-refractivity contribution is -0.120. The van der Waals surface area contributed by atoms with Crippen molar-refractivity contribution in [3.63, 3.8) is 0 Å². The molecule has 1 heterocycles. The van der Waals surface area contributed by atoms with Gasteiger partial charge in [-0.2, -0.15) is 5.10 Å². The number of carbonyl (C=O) groups is 1. The first-order chi connectivity index (χ1) is 12.4. The van der Waals surface area contributed by atoms with Crippen LogP contribution in [0.5, 0.6) is 11.5 Å². The number of benzene rings is 1. The molecule has 26 heavy (non-hydrogen) atoms. The zero-order chi connectivity index (χ0) is 19.3. The van der Waals surface area contributed by atoms with Gasteiger partial charge in [-0.25, -0.2) is 4.68 Å². The molecule has 1 amide bonds. The van der Waals surface area contributed by atoms with Crippen LogP contribution in [0.15, 0.2) is 30.5 Å². The summed E-state index contributed by atoms with van der Waals surface area (Å²) in [5.41, 5.74) is 0.959. The van der Waals surface area contributed by atoms with E-state index in [1.54, 1.807) is 31.2 Å². The molecule has 7 nitrogen and oxygen atoms in total. The van der Waals surface area contributed by atoms with Gasteiger partial charge in [0.1, 0.15) is 5.82 Å². The van der Waals surface area contributed by atoms with E-state index in [1.807, 2.05) is 50.9 Å². The third-order valence-electron chi connectivity index (χ3n) is 4.36. The minimum Gasteiger partial charge on any atom is -0.493 e. The highest BCUT2D eigenvalue weighted by Crippen LogP contribution is 2.31. The van der Waals surface area contributed by atoms with Crippen molar-refractivity contribution in [2.45, 2.75) is 39.4 Å². The molecule has 142 valence electrons. The molecule has 0 radical (unpaired) electrons. The summed E-state index contributed by atoms with van der Waals surface area (Å²) < 4.78 is 12.6. The molecule has 2 rings (SSSR count). The topological polar surface area (TPSA) is 68.6 Å². The van der Waals surface area contributed by atoms with Crippen LogP contribution < -0.4 is 14.8 Å². The lowest BCUT2D eigenvalue weighted by atomic mass is 10.1. The van der Waals surface area contributed by atoms with Gasteiger partial charge in [0.05, 0.1) is 26.5 Å². The van der Waals surface area contributed by atoms with Crippen LogP contribution in [0.25, 0.3) is 0 Å². The van der Waals surface area contributed by atoms with Gasteiger partial charge in [-0.1, -0.05) is 12.1 Å². The van der Waals surface area contributed by atoms with Crippen LogP contribution in [-0.2, 0) is 11.3 Å². The summed E-state index contributed by atoms with van der Waals surface area (Å²) in [5.74, 6) is 1.98. The Hall–Kier alpha value is -2.54. The number of hydrogen-bond donors (Lipinski definition) is 1. The first kappa shape index (κ1) is 19.8. The number of aromatic nitrogens is 2. The summed E-state index contributed by atoms with van der Waals surface area (Å²) >= 11 is 0. The number of anilines is 1. The molecule has 0 aliphatic heterocycles. The normalized spacial score (nSPS) is 12.3. The molecule has 0 spiro atoms. The summed E-state index contributed by atoms with van der Waals surface area (Å²) in [5, 5.41) is 7.19. The Morgan fingerprint density at radius 2 is 1.96 bits per heavy atom. The van der Waals surface area contributed by atoms with E-state index in [0.29, 0.717) is 23.9 Å². The van der Waals surface area contributed by atoms with Gasteiger partial charge in [0, 0.05) is 24.2 Å². The molecule has 1 aromatic carbocycles. The fraction of sp³-hybridized carbons (Fsp3) is 0.474. The Bertz CT molecular complexity index is 742. The van der Waals surface area contributed by atoms with Crippen LogP contribution >= 0.6 is 0 Å². The number of carbonyl (C=O) groups excluding carboxylic acids is 1. The van der Waals surface area contributed by atoms with E-state index in [1.165, 1.54) is 0 Å². The molecule has 1 atom stereocenters. The zero-order valence-corrected chi connectivity index (χ0v) is 16.3. The van der Waals surface area contributed by atoms with E-state index in [4.69, 9.17) is 9.47 Å². The van der Waals surface area contributed by atoms with Crippen molar-refractivity contribution >= 4 is 11.7 Å². The highest BCUT2D eigenvalue weighted by Gasteiger charge is 2.21. The van der Waals surface area contributed by atoms with Crippen LogP contribution in [0.2, 0.25) is 0 Å². The lowest BCUT2D eigenvalue weighted by Crippen LogP contribution is -2.39. The number of ether oxygens (including phenoxy) is 2. The molecular weight excluding hydrogens is 332 g/mol. The molecule has 1 unspecified atom stereocenters. The van der Waals surface area contributed by atoms with Crippen molar-refractivity contribution in [3.8, 4) is 11.5 Å². The fourth-order valence-corrected chi connectivity index (χ4v) is 2.74. The number of methoxy groups -OCH3 is 2. The van der Waals surface area contributed by atoms with Crippen molar-refractivity contribution in [2.75, 3.05) is 26.6 Å². The maximum atomic E-state index is 12.6. The van der Waals surface area contributed by atoms with Crippen LogP contribution in [0.4, 0.5) is 5.82 Å². The molecule has 0 aliphatic carbocycles. The smallest absolute Gasteiger partial charge is 0.242 e. The third-order valence-corrected chi connectivity index (χ3v) is 4.36. The highest BCUT2D eigenvalue weighted by atomic mass is 16.5. The van der Waals surface area contributed by atoms with Crippen molar-refractivity contribution in [1.82, 2.24) is 14.7 Å². The zero-order valence-electron chi connectivity index (χ0n) is 16.3. The molecule has 1 N–H and O–H groups in total. The number of amides is 1. The molecule has 0 aliphatic rings. The van der Waals surface area contributed by atoms with Gasteiger partial charge in [0.25, 0.3) is 0 Å². The summed E-state index contributed by atoms with van der Waals surface area (Å²) in [6.07, 6.45) is 1.69. The van der Waals surface area contributed by atoms with Gasteiger partial charge in [-0.15, -0.1) is 0 Å². The monoisotopic (exact) mass is 360 g/mol. The molecule has 1 aromatic heterocycles. The Morgan fingerprint density at radius 1 is 1.23 bits per heavy atom. The number of nitrogens with one attached hydrogen (secondary N) is 1. The lowest BCUT2D eigenvalue weighted by Gasteiger charge is -2.25. The Balaban J connectivity index is 2.08. The third kappa shape index (κ3) is 4.35. The van der Waals surface area contributed by atoms with E-state index >= 15 is 0 Å². The van der Waals surface area contributed by atoms with E-state index < -0.39 is 0 Å². The predicted octanol–water partition coefficient (Wildman–Crippen LogP) is 2.94. The number of para-hydroxylation sites is 1. The predicted molar refractivity (Wildman–Crippen MR) is 102 cm³/mol. The average Bonchev–Trinajstić information content (AvgIpc) is 3.08. The second-order valence-electron chi connectivity index (χ2n) is 6.49. The average molecular weight is 360 g/mol. The molecule has 7 heteroatoms. The maximum absolute atomic E-state index is 12.6. The Kier molecular flexibility index (Phi) is 6.63. The summed E-state index contributed by atoms with van der Waals surface area (Å²) in [4.78, 5) is 14.6. The number of hydrogen-bond acceptors (Lipinski definition) is 5. The Labute approximate surface area is 154 Å². The first-order valence-corrected chi connectivity index (χ1v) is 8.63. The summed E-state index contributed by atoms with van der Waals surface area (Å²) in [7, 11) is 5.13. The Morgan fingerprint density at radius 3 is 2.58 bits per heavy atom. The van der Waals surface area contributed by atoms with Gasteiger partial charge in [-0.3, -0.25) is 9.69 Å². The van der Waals surface area contributed by atoms with E-state index in [9.17, 15) is 4.79 Å². The first-order valence-electron chi connectivity index (χ1n) is 8.63. The number of likely N-dealkylation sites (N-methyl/N-ethyl adjacent to an activating group) is 1. The van der Waals surface area contributed by atoms with Crippen LogP contribution in [0, 0.1) is 0 Å².